The lowest BCUT2D eigenvalue weighted by Gasteiger charge is -2.29. The number of nitrogens with one attached hydrogen (secondary N) is 2. The van der Waals surface area contributed by atoms with Crippen molar-refractivity contribution in [3.63, 3.8) is 0 Å². The van der Waals surface area contributed by atoms with Gasteiger partial charge in [0, 0.05) is 16.8 Å². The lowest BCUT2D eigenvalue weighted by molar-refractivity contribution is -0.138. The molecular formula is C29H25N3O3S. The molecular weight excluding hydrogens is 470 g/mol. The number of nitriles is 1. The Morgan fingerprint density at radius 1 is 1.11 bits per heavy atom. The zero-order chi connectivity index (χ0) is 25.5. The van der Waals surface area contributed by atoms with E-state index in [2.05, 4.69) is 23.3 Å². The second kappa shape index (κ2) is 11.4. The lowest BCUT2D eigenvalue weighted by atomic mass is 9.82. The van der Waals surface area contributed by atoms with Gasteiger partial charge in [0.2, 0.25) is 5.91 Å². The van der Waals surface area contributed by atoms with Crippen LogP contribution in [0.1, 0.15) is 18.4 Å². The highest BCUT2D eigenvalue weighted by Crippen LogP contribution is 2.41. The molecule has 0 bridgehead atoms. The van der Waals surface area contributed by atoms with Gasteiger partial charge in [0.25, 0.3) is 0 Å². The normalized spacial score (nSPS) is 15.2. The number of allylic oxidation sites excluding steroid dienone is 2. The van der Waals surface area contributed by atoms with Gasteiger partial charge in [-0.3, -0.25) is 4.79 Å². The first-order chi connectivity index (χ1) is 17.5. The second-order valence-electron chi connectivity index (χ2n) is 8.11. The second-order valence-corrected chi connectivity index (χ2v) is 9.10. The molecule has 3 aromatic carbocycles. The van der Waals surface area contributed by atoms with E-state index in [1.807, 2.05) is 72.8 Å². The number of carbonyl (C=O) groups is 2. The van der Waals surface area contributed by atoms with Crippen molar-refractivity contribution in [1.82, 2.24) is 5.32 Å². The highest BCUT2D eigenvalue weighted by atomic mass is 32.2. The molecule has 1 atom stereocenters. The highest BCUT2D eigenvalue weighted by molar-refractivity contribution is 8.03. The van der Waals surface area contributed by atoms with Crippen molar-refractivity contribution < 1.29 is 14.3 Å². The van der Waals surface area contributed by atoms with E-state index in [1.54, 1.807) is 6.92 Å². The number of thioether (sulfide) groups is 1. The van der Waals surface area contributed by atoms with Crippen LogP contribution in [-0.4, -0.2) is 24.2 Å². The maximum atomic E-state index is 12.9. The summed E-state index contributed by atoms with van der Waals surface area (Å²) in [5.41, 5.74) is 2.83. The molecule has 0 unspecified atom stereocenters. The van der Waals surface area contributed by atoms with E-state index in [1.165, 1.54) is 17.8 Å². The quantitative estimate of drug-likeness (QED) is 0.311. The number of benzene rings is 3. The fourth-order valence-corrected chi connectivity index (χ4v) is 5.04. The van der Waals surface area contributed by atoms with Crippen molar-refractivity contribution in [3.05, 3.63) is 113 Å². The van der Waals surface area contributed by atoms with Crippen molar-refractivity contribution in [2.24, 2.45) is 0 Å². The summed E-state index contributed by atoms with van der Waals surface area (Å²) in [6, 6.07) is 25.2. The van der Waals surface area contributed by atoms with Crippen molar-refractivity contribution in [1.29, 1.82) is 5.26 Å². The Labute approximate surface area is 214 Å². The Kier molecular flexibility index (Phi) is 7.89. The molecule has 0 aromatic heterocycles. The number of carbonyl (C=O) groups excluding carboxylic acids is 2. The molecule has 1 heterocycles. The molecule has 1 amide bonds. The monoisotopic (exact) mass is 495 g/mol. The fraction of sp³-hybridized carbons (Fsp3) is 0.138. The van der Waals surface area contributed by atoms with E-state index in [-0.39, 0.29) is 18.3 Å². The van der Waals surface area contributed by atoms with Crippen LogP contribution in [0, 0.1) is 11.3 Å². The summed E-state index contributed by atoms with van der Waals surface area (Å²) in [4.78, 5) is 25.8. The number of esters is 1. The molecule has 6 nitrogen and oxygen atoms in total. The number of dihydropyridines is 1. The van der Waals surface area contributed by atoms with Gasteiger partial charge in [-0.05, 0) is 23.9 Å². The Balaban J connectivity index is 1.59. The van der Waals surface area contributed by atoms with Gasteiger partial charge >= 0.3 is 5.97 Å². The maximum Gasteiger partial charge on any atom is 0.337 e. The minimum atomic E-state index is -0.613. The molecule has 7 heteroatoms. The fourth-order valence-electron chi connectivity index (χ4n) is 4.15. The number of fused-ring (bicyclic) bond motifs is 1. The zero-order valence-electron chi connectivity index (χ0n) is 19.8. The average molecular weight is 496 g/mol. The molecule has 4 rings (SSSR count). The molecule has 0 fully saturated rings. The van der Waals surface area contributed by atoms with Crippen LogP contribution < -0.4 is 10.6 Å². The number of nitrogens with zero attached hydrogens (tertiary/aromatic N) is 1. The summed E-state index contributed by atoms with van der Waals surface area (Å²) in [7, 11) is 0. The molecule has 0 saturated carbocycles. The van der Waals surface area contributed by atoms with Gasteiger partial charge in [0.05, 0.1) is 33.9 Å². The first kappa shape index (κ1) is 24.8. The topological polar surface area (TPSA) is 91.2 Å². The van der Waals surface area contributed by atoms with Gasteiger partial charge in [-0.1, -0.05) is 91.1 Å². The summed E-state index contributed by atoms with van der Waals surface area (Å²) in [6.45, 7) is 5.43. The smallest absolute Gasteiger partial charge is 0.337 e. The van der Waals surface area contributed by atoms with Crippen molar-refractivity contribution in [2.75, 3.05) is 17.7 Å². The SMILES string of the molecule is C=CCOC(=O)C1=C(C)NC(SCC(=O)Nc2cccc3ccccc23)=C(C#N)[C@@H]1c1ccccc1. The number of hydrogen-bond donors (Lipinski definition) is 2. The maximum absolute atomic E-state index is 12.9. The van der Waals surface area contributed by atoms with Crippen LogP contribution in [0.3, 0.4) is 0 Å². The molecule has 180 valence electrons. The first-order valence-corrected chi connectivity index (χ1v) is 12.4. The standard InChI is InChI=1S/C29H25N3O3S/c1-3-16-35-29(34)26-19(2)31-28(23(17-30)27(26)21-11-5-4-6-12-21)36-18-25(33)32-24-15-9-13-20-10-7-8-14-22(20)24/h3-15,27,31H,1,16,18H2,2H3,(H,32,33)/t27-/m0/s1. The molecule has 0 aliphatic carbocycles. The predicted molar refractivity (Wildman–Crippen MR) is 144 cm³/mol. The van der Waals surface area contributed by atoms with Crippen LogP contribution in [0.15, 0.2) is 107 Å². The van der Waals surface area contributed by atoms with E-state index < -0.39 is 11.9 Å². The third-order valence-electron chi connectivity index (χ3n) is 5.74. The van der Waals surface area contributed by atoms with Gasteiger partial charge in [-0.15, -0.1) is 0 Å². The number of anilines is 1. The zero-order valence-corrected chi connectivity index (χ0v) is 20.6. The Bertz CT molecular complexity index is 1420. The minimum Gasteiger partial charge on any atom is -0.458 e. The molecule has 2 N–H and O–H groups in total. The largest absolute Gasteiger partial charge is 0.458 e. The summed E-state index contributed by atoms with van der Waals surface area (Å²) in [5, 5.41) is 18.8. The number of amides is 1. The Hall–Kier alpha value is -4.28. The third kappa shape index (κ3) is 5.35. The molecule has 3 aromatic rings. The van der Waals surface area contributed by atoms with Crippen molar-refractivity contribution in [2.45, 2.75) is 12.8 Å². The highest BCUT2D eigenvalue weighted by Gasteiger charge is 2.35. The van der Waals surface area contributed by atoms with Gasteiger partial charge in [0.1, 0.15) is 6.61 Å². The first-order valence-electron chi connectivity index (χ1n) is 11.4. The summed E-state index contributed by atoms with van der Waals surface area (Å²) >= 11 is 1.23. The van der Waals surface area contributed by atoms with E-state index in [0.29, 0.717) is 21.9 Å². The average Bonchev–Trinajstić information content (AvgIpc) is 2.90. The van der Waals surface area contributed by atoms with Gasteiger partial charge in [0.15, 0.2) is 0 Å². The molecule has 0 radical (unpaired) electrons. The molecule has 0 spiro atoms. The van der Waals surface area contributed by atoms with Crippen LogP contribution in [0.2, 0.25) is 0 Å². The van der Waals surface area contributed by atoms with E-state index >= 15 is 0 Å². The lowest BCUT2D eigenvalue weighted by Crippen LogP contribution is -2.29. The Morgan fingerprint density at radius 3 is 2.58 bits per heavy atom. The molecule has 1 aliphatic rings. The van der Waals surface area contributed by atoms with Gasteiger partial charge in [-0.25, -0.2) is 4.79 Å². The van der Waals surface area contributed by atoms with Gasteiger partial charge in [-0.2, -0.15) is 5.26 Å². The number of rotatable bonds is 8. The van der Waals surface area contributed by atoms with Crippen LogP contribution in [0.25, 0.3) is 10.8 Å². The van der Waals surface area contributed by atoms with Crippen molar-refractivity contribution >= 4 is 40.1 Å². The van der Waals surface area contributed by atoms with E-state index in [0.717, 1.165) is 22.0 Å². The van der Waals surface area contributed by atoms with Crippen LogP contribution in [-0.2, 0) is 14.3 Å². The molecule has 36 heavy (non-hydrogen) atoms. The van der Waals surface area contributed by atoms with Crippen LogP contribution in [0.4, 0.5) is 5.69 Å². The third-order valence-corrected chi connectivity index (χ3v) is 6.76. The number of ether oxygens (including phenoxy) is 1. The van der Waals surface area contributed by atoms with Crippen molar-refractivity contribution in [3.8, 4) is 6.07 Å². The van der Waals surface area contributed by atoms with Gasteiger partial charge < -0.3 is 15.4 Å². The Morgan fingerprint density at radius 2 is 1.83 bits per heavy atom. The molecule has 0 saturated heterocycles. The van der Waals surface area contributed by atoms with E-state index in [4.69, 9.17) is 4.74 Å². The number of hydrogen-bond acceptors (Lipinski definition) is 6. The molecule has 1 aliphatic heterocycles. The summed E-state index contributed by atoms with van der Waals surface area (Å²) < 4.78 is 5.32. The van der Waals surface area contributed by atoms with Crippen LogP contribution >= 0.6 is 11.8 Å². The van der Waals surface area contributed by atoms with E-state index in [9.17, 15) is 14.9 Å². The van der Waals surface area contributed by atoms with Crippen LogP contribution in [0.5, 0.6) is 0 Å². The summed E-state index contributed by atoms with van der Waals surface area (Å²) in [6.07, 6.45) is 1.50. The minimum absolute atomic E-state index is 0.0681. The summed E-state index contributed by atoms with van der Waals surface area (Å²) in [5.74, 6) is -1.24. The predicted octanol–water partition coefficient (Wildman–Crippen LogP) is 5.64.